The van der Waals surface area contributed by atoms with Crippen LogP contribution in [0.5, 0.6) is 0 Å². The third-order valence-corrected chi connectivity index (χ3v) is 5.86. The molecule has 1 saturated heterocycles. The monoisotopic (exact) mass is 365 g/mol. The van der Waals surface area contributed by atoms with Crippen LogP contribution in [0, 0.1) is 5.92 Å². The lowest BCUT2D eigenvalue weighted by Crippen LogP contribution is -2.45. The van der Waals surface area contributed by atoms with Gasteiger partial charge in [0.15, 0.2) is 5.96 Å². The van der Waals surface area contributed by atoms with Gasteiger partial charge in [0.2, 0.25) is 5.91 Å². The van der Waals surface area contributed by atoms with Crippen molar-refractivity contribution in [1.29, 1.82) is 0 Å². The molecule has 6 nitrogen and oxygen atoms in total. The van der Waals surface area contributed by atoms with Crippen LogP contribution in [0.15, 0.2) is 4.99 Å². The van der Waals surface area contributed by atoms with Crippen molar-refractivity contribution in [2.45, 2.75) is 64.8 Å². The number of rotatable bonds is 9. The Morgan fingerprint density at radius 3 is 2.54 bits per heavy atom. The molecule has 0 radical (unpaired) electrons. The van der Waals surface area contributed by atoms with Crippen LogP contribution in [-0.2, 0) is 4.79 Å². The molecule has 1 heterocycles. The van der Waals surface area contributed by atoms with Gasteiger partial charge in [0, 0.05) is 38.6 Å². The standard InChI is InChI=1S/C20H39N5O/c1-4-24(5-2)14-9-8-13-22-20(21-3)23-18-12-15-25(16-18)19(26)17-10-6-7-11-17/h17-18H,4-16H2,1-3H3,(H2,21,22,23). The molecule has 1 atom stereocenters. The summed E-state index contributed by atoms with van der Waals surface area (Å²) in [6.07, 6.45) is 7.98. The van der Waals surface area contributed by atoms with E-state index in [0.717, 1.165) is 64.4 Å². The first-order valence-electron chi connectivity index (χ1n) is 10.7. The van der Waals surface area contributed by atoms with E-state index in [1.54, 1.807) is 0 Å². The fourth-order valence-electron chi connectivity index (χ4n) is 4.10. The maximum Gasteiger partial charge on any atom is 0.225 e. The number of carbonyl (C=O) groups excluding carboxylic acids is 1. The van der Waals surface area contributed by atoms with Crippen molar-refractivity contribution < 1.29 is 4.79 Å². The number of guanidine groups is 1. The van der Waals surface area contributed by atoms with E-state index in [1.807, 2.05) is 7.05 Å². The van der Waals surface area contributed by atoms with Gasteiger partial charge >= 0.3 is 0 Å². The van der Waals surface area contributed by atoms with Crippen molar-refractivity contribution in [2.24, 2.45) is 10.9 Å². The molecule has 150 valence electrons. The molecule has 2 N–H and O–H groups in total. The molecule has 0 aromatic rings. The Balaban J connectivity index is 1.63. The highest BCUT2D eigenvalue weighted by Crippen LogP contribution is 2.27. The summed E-state index contributed by atoms with van der Waals surface area (Å²) in [6, 6.07) is 0.322. The first kappa shape index (κ1) is 21.0. The van der Waals surface area contributed by atoms with Crippen LogP contribution < -0.4 is 10.6 Å². The quantitative estimate of drug-likeness (QED) is 0.373. The number of hydrogen-bond donors (Lipinski definition) is 2. The lowest BCUT2D eigenvalue weighted by molar-refractivity contribution is -0.134. The summed E-state index contributed by atoms with van der Waals surface area (Å²) in [5, 5.41) is 6.92. The predicted molar refractivity (Wildman–Crippen MR) is 108 cm³/mol. The van der Waals surface area contributed by atoms with E-state index >= 15 is 0 Å². The third-order valence-electron chi connectivity index (χ3n) is 5.86. The lowest BCUT2D eigenvalue weighted by Gasteiger charge is -2.21. The number of aliphatic imine (C=N–C) groups is 1. The average molecular weight is 366 g/mol. The molecule has 0 spiro atoms. The Morgan fingerprint density at radius 1 is 1.15 bits per heavy atom. The molecule has 1 aliphatic heterocycles. The van der Waals surface area contributed by atoms with E-state index in [0.29, 0.717) is 11.9 Å². The minimum Gasteiger partial charge on any atom is -0.356 e. The van der Waals surface area contributed by atoms with Gasteiger partial charge in [-0.1, -0.05) is 26.7 Å². The molecule has 1 aliphatic carbocycles. The molecule has 6 heteroatoms. The second-order valence-electron chi connectivity index (χ2n) is 7.63. The Bertz CT molecular complexity index is 443. The number of nitrogens with zero attached hydrogens (tertiary/aromatic N) is 3. The van der Waals surface area contributed by atoms with Gasteiger partial charge < -0.3 is 20.4 Å². The summed E-state index contributed by atoms with van der Waals surface area (Å²) in [5.74, 6) is 1.54. The second kappa shape index (κ2) is 11.4. The van der Waals surface area contributed by atoms with Crippen molar-refractivity contribution in [2.75, 3.05) is 46.3 Å². The van der Waals surface area contributed by atoms with Crippen LogP contribution in [0.4, 0.5) is 0 Å². The smallest absolute Gasteiger partial charge is 0.225 e. The number of amides is 1. The number of hydrogen-bond acceptors (Lipinski definition) is 3. The van der Waals surface area contributed by atoms with Crippen molar-refractivity contribution in [3.8, 4) is 0 Å². The van der Waals surface area contributed by atoms with Crippen LogP contribution in [0.25, 0.3) is 0 Å². The van der Waals surface area contributed by atoms with Gasteiger partial charge in [-0.2, -0.15) is 0 Å². The highest BCUT2D eigenvalue weighted by molar-refractivity contribution is 5.81. The fraction of sp³-hybridized carbons (Fsp3) is 0.900. The van der Waals surface area contributed by atoms with Gasteiger partial charge in [-0.05, 0) is 51.7 Å². The average Bonchev–Trinajstić information content (AvgIpc) is 3.35. The van der Waals surface area contributed by atoms with Crippen molar-refractivity contribution >= 4 is 11.9 Å². The summed E-state index contributed by atoms with van der Waals surface area (Å²) >= 11 is 0. The molecule has 2 aliphatic rings. The molecule has 1 amide bonds. The van der Waals surface area contributed by atoms with Gasteiger partial charge in [-0.25, -0.2) is 0 Å². The maximum atomic E-state index is 12.5. The van der Waals surface area contributed by atoms with Crippen molar-refractivity contribution in [3.63, 3.8) is 0 Å². The molecule has 2 fully saturated rings. The minimum absolute atomic E-state index is 0.289. The molecule has 1 unspecified atom stereocenters. The summed E-state index contributed by atoms with van der Waals surface area (Å²) in [6.45, 7) is 10.5. The van der Waals surface area contributed by atoms with E-state index < -0.39 is 0 Å². The summed E-state index contributed by atoms with van der Waals surface area (Å²) in [4.78, 5) is 21.4. The van der Waals surface area contributed by atoms with Gasteiger partial charge in [-0.3, -0.25) is 9.79 Å². The van der Waals surface area contributed by atoms with Crippen molar-refractivity contribution in [3.05, 3.63) is 0 Å². The second-order valence-corrected chi connectivity index (χ2v) is 7.63. The third kappa shape index (κ3) is 6.45. The molecule has 0 bridgehead atoms. The van der Waals surface area contributed by atoms with Crippen LogP contribution in [-0.4, -0.2) is 74.0 Å². The van der Waals surface area contributed by atoms with Gasteiger partial charge in [0.1, 0.15) is 0 Å². The fourth-order valence-corrected chi connectivity index (χ4v) is 4.10. The Morgan fingerprint density at radius 2 is 1.88 bits per heavy atom. The van der Waals surface area contributed by atoms with Gasteiger partial charge in [0.25, 0.3) is 0 Å². The largest absolute Gasteiger partial charge is 0.356 e. The topological polar surface area (TPSA) is 60.0 Å². The SMILES string of the molecule is CCN(CC)CCCCNC(=NC)NC1CCN(C(=O)C2CCCC2)C1. The Labute approximate surface area is 159 Å². The minimum atomic E-state index is 0.289. The highest BCUT2D eigenvalue weighted by Gasteiger charge is 2.32. The number of nitrogens with one attached hydrogen (secondary N) is 2. The van der Waals surface area contributed by atoms with Crippen LogP contribution in [0.2, 0.25) is 0 Å². The zero-order chi connectivity index (χ0) is 18.8. The molecule has 2 rings (SSSR count). The summed E-state index contributed by atoms with van der Waals surface area (Å²) in [7, 11) is 1.82. The normalized spacial score (nSPS) is 21.6. The van der Waals surface area contributed by atoms with E-state index in [4.69, 9.17) is 0 Å². The predicted octanol–water partition coefficient (Wildman–Crippen LogP) is 2.06. The van der Waals surface area contributed by atoms with Crippen molar-refractivity contribution in [1.82, 2.24) is 20.4 Å². The van der Waals surface area contributed by atoms with Gasteiger partial charge in [0.05, 0.1) is 0 Å². The zero-order valence-corrected chi connectivity index (χ0v) is 17.1. The number of likely N-dealkylation sites (tertiary alicyclic amines) is 1. The number of unbranched alkanes of at least 4 members (excludes halogenated alkanes) is 1. The van der Waals surface area contributed by atoms with Crippen LogP contribution in [0.1, 0.15) is 58.8 Å². The Hall–Kier alpha value is -1.30. The molecule has 0 aromatic heterocycles. The van der Waals surface area contributed by atoms with E-state index in [-0.39, 0.29) is 5.92 Å². The molecule has 26 heavy (non-hydrogen) atoms. The van der Waals surface area contributed by atoms with E-state index in [2.05, 4.69) is 39.3 Å². The van der Waals surface area contributed by atoms with E-state index in [9.17, 15) is 4.79 Å². The molecular formula is C20H39N5O. The lowest BCUT2D eigenvalue weighted by atomic mass is 10.1. The Kier molecular flexibility index (Phi) is 9.23. The molecular weight excluding hydrogens is 326 g/mol. The van der Waals surface area contributed by atoms with Crippen LogP contribution >= 0.6 is 0 Å². The molecule has 0 aromatic carbocycles. The molecule has 1 saturated carbocycles. The first-order valence-corrected chi connectivity index (χ1v) is 10.7. The number of carbonyl (C=O) groups is 1. The van der Waals surface area contributed by atoms with E-state index in [1.165, 1.54) is 25.8 Å². The van der Waals surface area contributed by atoms with Crippen LogP contribution in [0.3, 0.4) is 0 Å². The summed E-state index contributed by atoms with van der Waals surface area (Å²) < 4.78 is 0. The zero-order valence-electron chi connectivity index (χ0n) is 17.1. The highest BCUT2D eigenvalue weighted by atomic mass is 16.2. The first-order chi connectivity index (χ1) is 12.7. The maximum absolute atomic E-state index is 12.5. The summed E-state index contributed by atoms with van der Waals surface area (Å²) in [5.41, 5.74) is 0. The van der Waals surface area contributed by atoms with Gasteiger partial charge in [-0.15, -0.1) is 0 Å².